The molecule has 4 N–H and O–H groups in total. The second-order valence-electron chi connectivity index (χ2n) is 7.93. The Morgan fingerprint density at radius 3 is 2.60 bits per heavy atom. The Morgan fingerprint density at radius 1 is 1.17 bits per heavy atom. The zero-order chi connectivity index (χ0) is 22.3. The fourth-order valence-electron chi connectivity index (χ4n) is 3.43. The van der Waals surface area contributed by atoms with Gasteiger partial charge in [-0.25, -0.2) is 4.79 Å². The van der Waals surface area contributed by atoms with Crippen molar-refractivity contribution in [2.24, 2.45) is 5.92 Å². The first-order chi connectivity index (χ1) is 14.2. The highest BCUT2D eigenvalue weighted by molar-refractivity contribution is 5.94. The number of rotatable bonds is 4. The number of likely N-dealkylation sites (N-methyl/N-ethyl adjacent to an activating group) is 1. The molecule has 1 heterocycles. The lowest BCUT2D eigenvalue weighted by atomic mass is 9.93. The van der Waals surface area contributed by atoms with E-state index in [9.17, 15) is 24.9 Å². The molecule has 0 bridgehead atoms. The third-order valence-corrected chi connectivity index (χ3v) is 5.57. The summed E-state index contributed by atoms with van der Waals surface area (Å²) in [6, 6.07) is 3.06. The number of nitrogens with one attached hydrogen (secondary N) is 1. The first-order valence-electron chi connectivity index (χ1n) is 10.5. The van der Waals surface area contributed by atoms with E-state index in [-0.39, 0.29) is 30.1 Å². The average molecular weight is 424 g/mol. The van der Waals surface area contributed by atoms with Crippen molar-refractivity contribution < 1.29 is 34.4 Å². The van der Waals surface area contributed by atoms with Crippen molar-refractivity contribution in [2.75, 3.05) is 20.2 Å². The lowest BCUT2D eigenvalue weighted by Gasteiger charge is -2.24. The molecule has 168 valence electrons. The van der Waals surface area contributed by atoms with E-state index in [1.54, 1.807) is 20.0 Å². The molecule has 1 aromatic rings. The number of carbonyl (C=O) groups excluding carboxylic acids is 2. The molecule has 1 aliphatic rings. The molecule has 1 aromatic carbocycles. The van der Waals surface area contributed by atoms with E-state index >= 15 is 0 Å². The topological polar surface area (TPSA) is 125 Å². The Balaban J connectivity index is 2.33. The number of aliphatic hydroxyl groups is 2. The number of ketones is 1. The molecule has 3 unspecified atom stereocenters. The number of cyclic esters (lactones) is 1. The third-order valence-electron chi connectivity index (χ3n) is 5.57. The Hall–Kier alpha value is -2.16. The maximum Gasteiger partial charge on any atom is 0.342 e. The molecular weight excluding hydrogens is 390 g/mol. The molecule has 0 spiro atoms. The van der Waals surface area contributed by atoms with Crippen LogP contribution in [0.4, 0.5) is 0 Å². The van der Waals surface area contributed by atoms with Crippen LogP contribution in [-0.2, 0) is 16.0 Å². The summed E-state index contributed by atoms with van der Waals surface area (Å²) in [5, 5.41) is 33.7. The van der Waals surface area contributed by atoms with E-state index in [2.05, 4.69) is 5.32 Å². The van der Waals surface area contributed by atoms with E-state index in [0.29, 0.717) is 43.7 Å². The number of Topliss-reactive ketones (excluding diaryl/α,β-unsaturated/α-hetero) is 1. The normalized spacial score (nSPS) is 26.4. The van der Waals surface area contributed by atoms with E-state index in [4.69, 9.17) is 9.47 Å². The van der Waals surface area contributed by atoms with Gasteiger partial charge in [0, 0.05) is 19.0 Å². The number of benzene rings is 1. The van der Waals surface area contributed by atoms with Crippen LogP contribution in [0, 0.1) is 5.92 Å². The van der Waals surface area contributed by atoms with Crippen molar-refractivity contribution in [3.05, 3.63) is 23.3 Å². The highest BCUT2D eigenvalue weighted by Crippen LogP contribution is 2.31. The van der Waals surface area contributed by atoms with Crippen molar-refractivity contribution >= 4 is 11.8 Å². The average Bonchev–Trinajstić information content (AvgIpc) is 2.70. The zero-order valence-electron chi connectivity index (χ0n) is 17.9. The van der Waals surface area contributed by atoms with Gasteiger partial charge in [-0.2, -0.15) is 0 Å². The minimum absolute atomic E-state index is 0.0459. The molecular formula is C22H33NO7. The molecule has 8 nitrogen and oxygen atoms in total. The van der Waals surface area contributed by atoms with Crippen LogP contribution in [0.1, 0.15) is 55.5 Å². The number of hydrogen-bond donors (Lipinski definition) is 4. The predicted molar refractivity (Wildman–Crippen MR) is 111 cm³/mol. The van der Waals surface area contributed by atoms with Crippen LogP contribution in [0.3, 0.4) is 0 Å². The second kappa shape index (κ2) is 11.3. The van der Waals surface area contributed by atoms with Crippen LogP contribution >= 0.6 is 0 Å². The minimum Gasteiger partial charge on any atom is -0.507 e. The fraction of sp³-hybridized carbons (Fsp3) is 0.636. The summed E-state index contributed by atoms with van der Waals surface area (Å²) in [5.74, 6) is -0.990. The van der Waals surface area contributed by atoms with Crippen LogP contribution in [-0.4, -0.2) is 65.6 Å². The molecule has 4 atom stereocenters. The summed E-state index contributed by atoms with van der Waals surface area (Å²) in [6.07, 6.45) is -1.66. The molecule has 8 heteroatoms. The van der Waals surface area contributed by atoms with Gasteiger partial charge in [-0.3, -0.25) is 4.79 Å². The number of phenols is 1. The van der Waals surface area contributed by atoms with Crippen LogP contribution in [0.25, 0.3) is 0 Å². The van der Waals surface area contributed by atoms with Gasteiger partial charge in [0.25, 0.3) is 0 Å². The Morgan fingerprint density at radius 2 is 1.90 bits per heavy atom. The number of esters is 1. The summed E-state index contributed by atoms with van der Waals surface area (Å²) >= 11 is 0. The SMILES string of the molecule is CNCCOc1cc(O)c2c(c1)CCCC(=O)C(O)C(O)CC[C@@H](C)C(C)OC2=O. The molecule has 0 aromatic heterocycles. The molecule has 0 radical (unpaired) electrons. The largest absolute Gasteiger partial charge is 0.507 e. The first kappa shape index (κ1) is 24.1. The number of phenolic OH excluding ortho intramolecular Hbond substituents is 1. The molecule has 0 amide bonds. The Kier molecular flexibility index (Phi) is 9.08. The molecule has 30 heavy (non-hydrogen) atoms. The van der Waals surface area contributed by atoms with E-state index in [1.807, 2.05) is 6.92 Å². The number of ether oxygens (including phenoxy) is 2. The zero-order valence-corrected chi connectivity index (χ0v) is 17.9. The lowest BCUT2D eigenvalue weighted by Crippen LogP contribution is -2.35. The quantitative estimate of drug-likeness (QED) is 0.425. The monoisotopic (exact) mass is 423 g/mol. The van der Waals surface area contributed by atoms with Crippen molar-refractivity contribution in [3.8, 4) is 11.5 Å². The Bertz CT molecular complexity index is 736. The number of aromatic hydroxyl groups is 1. The minimum atomic E-state index is -1.43. The first-order valence-corrected chi connectivity index (χ1v) is 10.5. The maximum atomic E-state index is 12.8. The molecule has 0 saturated carbocycles. The van der Waals surface area contributed by atoms with Crippen molar-refractivity contribution in [2.45, 2.75) is 64.3 Å². The van der Waals surface area contributed by atoms with Crippen LogP contribution < -0.4 is 10.1 Å². The summed E-state index contributed by atoms with van der Waals surface area (Å²) in [4.78, 5) is 25.1. The van der Waals surface area contributed by atoms with Gasteiger partial charge in [-0.05, 0) is 57.2 Å². The second-order valence-corrected chi connectivity index (χ2v) is 7.93. The summed E-state index contributed by atoms with van der Waals surface area (Å²) < 4.78 is 11.2. The highest BCUT2D eigenvalue weighted by atomic mass is 16.5. The van der Waals surface area contributed by atoms with Gasteiger partial charge in [-0.15, -0.1) is 0 Å². The van der Waals surface area contributed by atoms with E-state index in [1.165, 1.54) is 6.07 Å². The van der Waals surface area contributed by atoms with Gasteiger partial charge in [0.2, 0.25) is 0 Å². The van der Waals surface area contributed by atoms with Gasteiger partial charge in [0.05, 0.1) is 6.10 Å². The fourth-order valence-corrected chi connectivity index (χ4v) is 3.43. The molecule has 2 rings (SSSR count). The molecule has 0 fully saturated rings. The lowest BCUT2D eigenvalue weighted by molar-refractivity contribution is -0.133. The number of aliphatic hydroxyl groups excluding tert-OH is 2. The predicted octanol–water partition coefficient (Wildman–Crippen LogP) is 1.58. The van der Waals surface area contributed by atoms with Crippen molar-refractivity contribution in [1.82, 2.24) is 5.32 Å². The standard InChI is InChI=1S/C22H33NO7/c1-13-7-8-18(25)21(27)17(24)6-4-5-15-11-16(29-10-9-23-3)12-19(26)20(15)22(28)30-14(13)2/h11-14,18,21,23,25-27H,4-10H2,1-3H3/t13-,14?,18?,21?/m1/s1. The molecule has 1 aliphatic heterocycles. The summed E-state index contributed by atoms with van der Waals surface area (Å²) in [7, 11) is 1.80. The smallest absolute Gasteiger partial charge is 0.342 e. The third kappa shape index (κ3) is 6.42. The number of fused-ring (bicyclic) bond motifs is 1. The van der Waals surface area contributed by atoms with E-state index < -0.39 is 30.1 Å². The van der Waals surface area contributed by atoms with Gasteiger partial charge in [-0.1, -0.05) is 6.92 Å². The van der Waals surface area contributed by atoms with Gasteiger partial charge in [0.15, 0.2) is 5.78 Å². The highest BCUT2D eigenvalue weighted by Gasteiger charge is 2.28. The van der Waals surface area contributed by atoms with Crippen molar-refractivity contribution in [3.63, 3.8) is 0 Å². The van der Waals surface area contributed by atoms with Crippen LogP contribution in [0.5, 0.6) is 11.5 Å². The van der Waals surface area contributed by atoms with Crippen LogP contribution in [0.15, 0.2) is 12.1 Å². The summed E-state index contributed by atoms with van der Waals surface area (Å²) in [5.41, 5.74) is 0.583. The number of carbonyl (C=O) groups is 2. The number of aryl methyl sites for hydroxylation is 1. The Labute approximate surface area is 177 Å². The number of hydrogen-bond acceptors (Lipinski definition) is 8. The van der Waals surface area contributed by atoms with Crippen LogP contribution in [0.2, 0.25) is 0 Å². The van der Waals surface area contributed by atoms with Gasteiger partial charge < -0.3 is 30.1 Å². The van der Waals surface area contributed by atoms with Crippen molar-refractivity contribution in [1.29, 1.82) is 0 Å². The van der Waals surface area contributed by atoms with Gasteiger partial charge in [0.1, 0.15) is 35.9 Å². The van der Waals surface area contributed by atoms with Gasteiger partial charge >= 0.3 is 5.97 Å². The maximum absolute atomic E-state index is 12.8. The van der Waals surface area contributed by atoms with E-state index in [0.717, 1.165) is 0 Å². The summed E-state index contributed by atoms with van der Waals surface area (Å²) in [6.45, 7) is 4.61. The molecule has 0 aliphatic carbocycles. The molecule has 0 saturated heterocycles.